The molecular weight excluding hydrogens is 296 g/mol. The molecule has 0 spiro atoms. The van der Waals surface area contributed by atoms with E-state index in [2.05, 4.69) is 20.2 Å². The van der Waals surface area contributed by atoms with Crippen LogP contribution in [0.15, 0.2) is 29.9 Å². The lowest BCUT2D eigenvalue weighted by Crippen LogP contribution is -2.27. The quantitative estimate of drug-likeness (QED) is 0.758. The number of rotatable bonds is 8. The largest absolute Gasteiger partial charge is 0.356 e. The summed E-state index contributed by atoms with van der Waals surface area (Å²) in [5.41, 5.74) is 1.94. The van der Waals surface area contributed by atoms with Crippen LogP contribution in [0.2, 0.25) is 0 Å². The first-order chi connectivity index (χ1) is 10.6. The Morgan fingerprint density at radius 1 is 1.41 bits per heavy atom. The number of thiazole rings is 1. The summed E-state index contributed by atoms with van der Waals surface area (Å²) in [6.07, 6.45) is 5.70. The molecular formula is C16H22N4OS. The number of nitrogens with zero attached hydrogens (tertiary/aromatic N) is 3. The van der Waals surface area contributed by atoms with Crippen molar-refractivity contribution in [1.29, 1.82) is 0 Å². The Hall–Kier alpha value is -1.79. The van der Waals surface area contributed by atoms with Gasteiger partial charge >= 0.3 is 0 Å². The van der Waals surface area contributed by atoms with Gasteiger partial charge in [0.15, 0.2) is 0 Å². The maximum Gasteiger partial charge on any atom is 0.220 e. The Morgan fingerprint density at radius 2 is 2.27 bits per heavy atom. The van der Waals surface area contributed by atoms with E-state index in [0.717, 1.165) is 35.8 Å². The Bertz CT molecular complexity index is 583. The molecule has 0 aliphatic heterocycles. The molecule has 5 nitrogen and oxygen atoms in total. The second kappa shape index (κ2) is 8.60. The standard InChI is InChI=1S/C16H22N4OS/c1-20(2)10-4-9-18-15(21)6-7-16-19-14(12-22-16)13-5-3-8-17-11-13/h3,5,8,11-12H,4,6-7,9-10H2,1-2H3,(H,18,21). The minimum Gasteiger partial charge on any atom is -0.356 e. The molecule has 0 aromatic carbocycles. The number of aryl methyl sites for hydroxylation is 1. The molecule has 2 heterocycles. The monoisotopic (exact) mass is 318 g/mol. The van der Waals surface area contributed by atoms with Crippen molar-refractivity contribution in [3.63, 3.8) is 0 Å². The first kappa shape index (κ1) is 16.6. The van der Waals surface area contributed by atoms with Gasteiger partial charge in [0, 0.05) is 42.7 Å². The Kier molecular flexibility index (Phi) is 6.48. The maximum atomic E-state index is 11.8. The van der Waals surface area contributed by atoms with Gasteiger partial charge in [-0.05, 0) is 39.2 Å². The number of pyridine rings is 1. The van der Waals surface area contributed by atoms with Gasteiger partial charge in [0.25, 0.3) is 0 Å². The third-order valence-electron chi connectivity index (χ3n) is 3.18. The van der Waals surface area contributed by atoms with E-state index in [-0.39, 0.29) is 5.91 Å². The van der Waals surface area contributed by atoms with E-state index in [4.69, 9.17) is 0 Å². The van der Waals surface area contributed by atoms with Gasteiger partial charge < -0.3 is 10.2 Å². The summed E-state index contributed by atoms with van der Waals surface area (Å²) >= 11 is 1.59. The normalized spacial score (nSPS) is 10.9. The van der Waals surface area contributed by atoms with Crippen LogP contribution in [0.4, 0.5) is 0 Å². The molecule has 0 unspecified atom stereocenters. The van der Waals surface area contributed by atoms with Gasteiger partial charge in [0.2, 0.25) is 5.91 Å². The zero-order chi connectivity index (χ0) is 15.8. The van der Waals surface area contributed by atoms with E-state index in [9.17, 15) is 4.79 Å². The molecule has 22 heavy (non-hydrogen) atoms. The summed E-state index contributed by atoms with van der Waals surface area (Å²) in [7, 11) is 4.06. The molecule has 0 fully saturated rings. The van der Waals surface area contributed by atoms with Crippen LogP contribution in [-0.4, -0.2) is 48.0 Å². The van der Waals surface area contributed by atoms with Gasteiger partial charge in [-0.3, -0.25) is 9.78 Å². The van der Waals surface area contributed by atoms with Gasteiger partial charge in [-0.2, -0.15) is 0 Å². The second-order valence-corrected chi connectivity index (χ2v) is 6.32. The number of aromatic nitrogens is 2. The number of hydrogen-bond donors (Lipinski definition) is 1. The van der Waals surface area contributed by atoms with Crippen molar-refractivity contribution in [2.45, 2.75) is 19.3 Å². The van der Waals surface area contributed by atoms with Crippen LogP contribution < -0.4 is 5.32 Å². The first-order valence-corrected chi connectivity index (χ1v) is 8.29. The molecule has 0 radical (unpaired) electrons. The van der Waals surface area contributed by atoms with E-state index in [1.165, 1.54) is 0 Å². The van der Waals surface area contributed by atoms with Crippen molar-refractivity contribution >= 4 is 17.2 Å². The molecule has 0 aliphatic rings. The number of nitrogens with one attached hydrogen (secondary N) is 1. The predicted octanol–water partition coefficient (Wildman–Crippen LogP) is 2.21. The topological polar surface area (TPSA) is 58.1 Å². The average Bonchev–Trinajstić information content (AvgIpc) is 2.99. The molecule has 6 heteroatoms. The van der Waals surface area contributed by atoms with Crippen molar-refractivity contribution in [3.8, 4) is 11.3 Å². The molecule has 1 N–H and O–H groups in total. The fraction of sp³-hybridized carbons (Fsp3) is 0.438. The van der Waals surface area contributed by atoms with E-state index in [0.29, 0.717) is 12.8 Å². The molecule has 0 saturated heterocycles. The third-order valence-corrected chi connectivity index (χ3v) is 4.09. The highest BCUT2D eigenvalue weighted by atomic mass is 32.1. The zero-order valence-electron chi connectivity index (χ0n) is 13.1. The van der Waals surface area contributed by atoms with Crippen molar-refractivity contribution in [2.24, 2.45) is 0 Å². The summed E-state index contributed by atoms with van der Waals surface area (Å²) < 4.78 is 0. The van der Waals surface area contributed by atoms with Gasteiger partial charge in [-0.15, -0.1) is 11.3 Å². The summed E-state index contributed by atoms with van der Waals surface area (Å²) in [6, 6.07) is 3.89. The van der Waals surface area contributed by atoms with Crippen molar-refractivity contribution < 1.29 is 4.79 Å². The fourth-order valence-electron chi connectivity index (χ4n) is 2.00. The zero-order valence-corrected chi connectivity index (χ0v) is 13.9. The summed E-state index contributed by atoms with van der Waals surface area (Å²) in [4.78, 5) is 22.6. The molecule has 118 valence electrons. The smallest absolute Gasteiger partial charge is 0.220 e. The fourth-order valence-corrected chi connectivity index (χ4v) is 2.81. The molecule has 2 aromatic heterocycles. The van der Waals surface area contributed by atoms with Crippen LogP contribution in [0, 0.1) is 0 Å². The molecule has 1 amide bonds. The Labute approximate surface area is 135 Å². The summed E-state index contributed by atoms with van der Waals surface area (Å²) in [6.45, 7) is 1.72. The van der Waals surface area contributed by atoms with Crippen molar-refractivity contribution in [3.05, 3.63) is 34.9 Å². The lowest BCUT2D eigenvalue weighted by Gasteiger charge is -2.09. The molecule has 0 bridgehead atoms. The van der Waals surface area contributed by atoms with E-state index in [1.54, 1.807) is 23.7 Å². The van der Waals surface area contributed by atoms with Gasteiger partial charge in [0.1, 0.15) is 0 Å². The van der Waals surface area contributed by atoms with Gasteiger partial charge in [-0.1, -0.05) is 0 Å². The van der Waals surface area contributed by atoms with Crippen molar-refractivity contribution in [1.82, 2.24) is 20.2 Å². The number of carbonyl (C=O) groups is 1. The Balaban J connectivity index is 1.73. The summed E-state index contributed by atoms with van der Waals surface area (Å²) in [5, 5.41) is 5.95. The first-order valence-electron chi connectivity index (χ1n) is 7.41. The van der Waals surface area contributed by atoms with Crippen LogP contribution in [0.1, 0.15) is 17.8 Å². The van der Waals surface area contributed by atoms with E-state index in [1.807, 2.05) is 31.6 Å². The predicted molar refractivity (Wildman–Crippen MR) is 89.8 cm³/mol. The third kappa shape index (κ3) is 5.54. The average molecular weight is 318 g/mol. The molecule has 2 rings (SSSR count). The molecule has 0 saturated carbocycles. The molecule has 0 aliphatic carbocycles. The van der Waals surface area contributed by atoms with Gasteiger partial charge in [0.05, 0.1) is 10.7 Å². The van der Waals surface area contributed by atoms with Crippen LogP contribution >= 0.6 is 11.3 Å². The highest BCUT2D eigenvalue weighted by molar-refractivity contribution is 7.09. The lowest BCUT2D eigenvalue weighted by atomic mass is 10.2. The Morgan fingerprint density at radius 3 is 3.00 bits per heavy atom. The number of amides is 1. The molecule has 2 aromatic rings. The van der Waals surface area contributed by atoms with Crippen LogP contribution in [0.5, 0.6) is 0 Å². The number of hydrogen-bond acceptors (Lipinski definition) is 5. The van der Waals surface area contributed by atoms with Crippen LogP contribution in [-0.2, 0) is 11.2 Å². The van der Waals surface area contributed by atoms with E-state index >= 15 is 0 Å². The highest BCUT2D eigenvalue weighted by Gasteiger charge is 2.07. The van der Waals surface area contributed by atoms with Crippen LogP contribution in [0.3, 0.4) is 0 Å². The minimum atomic E-state index is 0.0943. The summed E-state index contributed by atoms with van der Waals surface area (Å²) in [5.74, 6) is 0.0943. The van der Waals surface area contributed by atoms with Gasteiger partial charge in [-0.25, -0.2) is 4.98 Å². The van der Waals surface area contributed by atoms with Crippen molar-refractivity contribution in [2.75, 3.05) is 27.2 Å². The maximum absolute atomic E-state index is 11.8. The van der Waals surface area contributed by atoms with E-state index < -0.39 is 0 Å². The van der Waals surface area contributed by atoms with Crippen LogP contribution in [0.25, 0.3) is 11.3 Å². The lowest BCUT2D eigenvalue weighted by molar-refractivity contribution is -0.121. The number of carbonyl (C=O) groups excluding carboxylic acids is 1. The SMILES string of the molecule is CN(C)CCCNC(=O)CCc1nc(-c2cccnc2)cs1. The second-order valence-electron chi connectivity index (χ2n) is 5.37. The minimum absolute atomic E-state index is 0.0943. The molecule has 0 atom stereocenters. The highest BCUT2D eigenvalue weighted by Crippen LogP contribution is 2.21.